The van der Waals surface area contributed by atoms with Crippen LogP contribution in [-0.4, -0.2) is 44.8 Å². The van der Waals surface area contributed by atoms with Crippen LogP contribution in [0.1, 0.15) is 35.1 Å². The van der Waals surface area contributed by atoms with Gasteiger partial charge in [0.05, 0.1) is 23.1 Å². The van der Waals surface area contributed by atoms with Crippen molar-refractivity contribution in [2.75, 3.05) is 19.6 Å². The van der Waals surface area contributed by atoms with E-state index in [0.29, 0.717) is 23.0 Å². The van der Waals surface area contributed by atoms with Gasteiger partial charge >= 0.3 is 0 Å². The first-order valence-corrected chi connectivity index (χ1v) is 9.32. The Morgan fingerprint density at radius 3 is 2.59 bits per heavy atom. The standard InChI is InChI=1S/C19H21F2N7O/c1-12-17(28(27-24-12)14-4-2-13(3-5-14)19(20)21)11-29-18-7-6-15(25-26-18)16-10-22-8-9-23-16/h2-7,16,19,22-23H,8-11H2,1H3. The van der Waals surface area contributed by atoms with Crippen LogP contribution in [0.4, 0.5) is 8.78 Å². The van der Waals surface area contributed by atoms with Crippen LogP contribution >= 0.6 is 0 Å². The molecule has 4 rings (SSSR count). The molecule has 8 nitrogen and oxygen atoms in total. The Bertz CT molecular complexity index is 938. The summed E-state index contributed by atoms with van der Waals surface area (Å²) < 4.78 is 32.9. The first kappa shape index (κ1) is 19.3. The van der Waals surface area contributed by atoms with Gasteiger partial charge in [-0.3, -0.25) is 0 Å². The minimum atomic E-state index is -2.51. The van der Waals surface area contributed by atoms with Crippen LogP contribution in [0.2, 0.25) is 0 Å². The lowest BCUT2D eigenvalue weighted by molar-refractivity contribution is 0.151. The molecule has 10 heteroatoms. The van der Waals surface area contributed by atoms with E-state index in [1.54, 1.807) is 22.9 Å². The van der Waals surface area contributed by atoms with Crippen LogP contribution in [0.25, 0.3) is 5.69 Å². The molecule has 2 N–H and O–H groups in total. The van der Waals surface area contributed by atoms with E-state index in [2.05, 4.69) is 31.1 Å². The van der Waals surface area contributed by atoms with Crippen molar-refractivity contribution in [1.29, 1.82) is 0 Å². The third-order valence-electron chi connectivity index (χ3n) is 4.76. The summed E-state index contributed by atoms with van der Waals surface area (Å²) >= 11 is 0. The molecule has 0 aliphatic carbocycles. The zero-order valence-electron chi connectivity index (χ0n) is 15.8. The van der Waals surface area contributed by atoms with Crippen LogP contribution in [0, 0.1) is 6.92 Å². The lowest BCUT2D eigenvalue weighted by Crippen LogP contribution is -2.43. The fourth-order valence-corrected chi connectivity index (χ4v) is 3.11. The van der Waals surface area contributed by atoms with E-state index in [1.165, 1.54) is 12.1 Å². The highest BCUT2D eigenvalue weighted by Crippen LogP contribution is 2.21. The average Bonchev–Trinajstić information content (AvgIpc) is 3.13. The van der Waals surface area contributed by atoms with E-state index in [0.717, 1.165) is 25.3 Å². The lowest BCUT2D eigenvalue weighted by Gasteiger charge is -2.23. The predicted octanol–water partition coefficient (Wildman–Crippen LogP) is 2.12. The second-order valence-corrected chi connectivity index (χ2v) is 6.72. The van der Waals surface area contributed by atoms with Gasteiger partial charge in [-0.1, -0.05) is 17.3 Å². The van der Waals surface area contributed by atoms with Crippen LogP contribution in [0.3, 0.4) is 0 Å². The molecule has 0 saturated carbocycles. The summed E-state index contributed by atoms with van der Waals surface area (Å²) in [6, 6.07) is 9.71. The Kier molecular flexibility index (Phi) is 5.72. The molecule has 0 bridgehead atoms. The zero-order valence-corrected chi connectivity index (χ0v) is 15.8. The van der Waals surface area contributed by atoms with Crippen molar-refractivity contribution in [3.05, 3.63) is 59.0 Å². The van der Waals surface area contributed by atoms with Gasteiger partial charge in [0.15, 0.2) is 0 Å². The maximum absolute atomic E-state index is 12.8. The molecule has 29 heavy (non-hydrogen) atoms. The molecule has 0 spiro atoms. The number of nitrogens with zero attached hydrogens (tertiary/aromatic N) is 5. The first-order chi connectivity index (χ1) is 14.1. The lowest BCUT2D eigenvalue weighted by atomic mass is 10.1. The molecular weight excluding hydrogens is 380 g/mol. The van der Waals surface area contributed by atoms with Crippen molar-refractivity contribution in [1.82, 2.24) is 35.8 Å². The summed E-state index contributed by atoms with van der Waals surface area (Å²) in [6.45, 7) is 4.62. The number of benzene rings is 1. The fraction of sp³-hybridized carbons (Fsp3) is 0.368. The minimum Gasteiger partial charge on any atom is -0.470 e. The molecule has 1 atom stereocenters. The van der Waals surface area contributed by atoms with Gasteiger partial charge in [-0.2, -0.15) is 5.10 Å². The zero-order chi connectivity index (χ0) is 20.2. The number of hydrogen-bond donors (Lipinski definition) is 2. The van der Waals surface area contributed by atoms with Crippen molar-refractivity contribution in [3.63, 3.8) is 0 Å². The van der Waals surface area contributed by atoms with Crippen molar-refractivity contribution in [3.8, 4) is 11.6 Å². The molecule has 3 aromatic rings. The number of rotatable bonds is 6. The van der Waals surface area contributed by atoms with Crippen molar-refractivity contribution < 1.29 is 13.5 Å². The van der Waals surface area contributed by atoms with Crippen LogP contribution in [-0.2, 0) is 6.61 Å². The van der Waals surface area contributed by atoms with E-state index in [1.807, 2.05) is 13.0 Å². The van der Waals surface area contributed by atoms with Gasteiger partial charge in [0, 0.05) is 31.3 Å². The Labute approximate surface area is 166 Å². The number of nitrogens with one attached hydrogen (secondary N) is 2. The Morgan fingerprint density at radius 2 is 1.93 bits per heavy atom. The van der Waals surface area contributed by atoms with Crippen molar-refractivity contribution >= 4 is 0 Å². The Hall–Kier alpha value is -2.98. The van der Waals surface area contributed by atoms with E-state index in [-0.39, 0.29) is 18.2 Å². The molecule has 1 saturated heterocycles. The molecule has 0 amide bonds. The monoisotopic (exact) mass is 401 g/mol. The molecule has 1 fully saturated rings. The van der Waals surface area contributed by atoms with E-state index in [4.69, 9.17) is 4.74 Å². The maximum atomic E-state index is 12.8. The summed E-state index contributed by atoms with van der Waals surface area (Å²) in [6.07, 6.45) is -2.51. The normalized spacial score (nSPS) is 16.9. The van der Waals surface area contributed by atoms with Gasteiger partial charge in [0.1, 0.15) is 12.3 Å². The highest BCUT2D eigenvalue weighted by molar-refractivity contribution is 5.36. The van der Waals surface area contributed by atoms with Crippen LogP contribution in [0.5, 0.6) is 5.88 Å². The number of ether oxygens (including phenoxy) is 1. The summed E-state index contributed by atoms with van der Waals surface area (Å²) in [5.41, 5.74) is 2.84. The highest BCUT2D eigenvalue weighted by atomic mass is 19.3. The largest absolute Gasteiger partial charge is 0.470 e. The second-order valence-electron chi connectivity index (χ2n) is 6.72. The molecular formula is C19H21F2N7O. The molecule has 1 aliphatic heterocycles. The molecule has 3 heterocycles. The number of aryl methyl sites for hydroxylation is 1. The summed E-state index contributed by atoms with van der Waals surface area (Å²) in [4.78, 5) is 0. The van der Waals surface area contributed by atoms with E-state index < -0.39 is 6.43 Å². The third-order valence-corrected chi connectivity index (χ3v) is 4.76. The summed E-state index contributed by atoms with van der Waals surface area (Å²) in [7, 11) is 0. The van der Waals surface area contributed by atoms with Gasteiger partial charge in [-0.25, -0.2) is 13.5 Å². The van der Waals surface area contributed by atoms with Gasteiger partial charge in [-0.05, 0) is 25.1 Å². The summed E-state index contributed by atoms with van der Waals surface area (Å²) in [5.74, 6) is 0.387. The SMILES string of the molecule is Cc1nnn(-c2ccc(C(F)F)cc2)c1COc1ccc(C2CNCCN2)nn1. The van der Waals surface area contributed by atoms with Gasteiger partial charge in [-0.15, -0.1) is 10.2 Å². The number of halogens is 2. The third kappa shape index (κ3) is 4.38. The van der Waals surface area contributed by atoms with Gasteiger partial charge in [0.25, 0.3) is 6.43 Å². The Balaban J connectivity index is 1.45. The maximum Gasteiger partial charge on any atom is 0.263 e. The number of hydrogen-bond acceptors (Lipinski definition) is 7. The van der Waals surface area contributed by atoms with Gasteiger partial charge in [0.2, 0.25) is 5.88 Å². The number of aromatic nitrogens is 5. The molecule has 0 radical (unpaired) electrons. The highest BCUT2D eigenvalue weighted by Gasteiger charge is 2.17. The molecule has 1 unspecified atom stereocenters. The quantitative estimate of drug-likeness (QED) is 0.654. The second kappa shape index (κ2) is 8.58. The summed E-state index contributed by atoms with van der Waals surface area (Å²) in [5, 5.41) is 23.2. The fourth-order valence-electron chi connectivity index (χ4n) is 3.11. The topological polar surface area (TPSA) is 89.8 Å². The first-order valence-electron chi connectivity index (χ1n) is 9.32. The van der Waals surface area contributed by atoms with Crippen LogP contribution < -0.4 is 15.4 Å². The van der Waals surface area contributed by atoms with Crippen molar-refractivity contribution in [2.24, 2.45) is 0 Å². The van der Waals surface area contributed by atoms with E-state index >= 15 is 0 Å². The predicted molar refractivity (Wildman–Crippen MR) is 101 cm³/mol. The average molecular weight is 401 g/mol. The number of alkyl halides is 2. The molecule has 152 valence electrons. The van der Waals surface area contributed by atoms with Crippen molar-refractivity contribution in [2.45, 2.75) is 26.0 Å². The smallest absolute Gasteiger partial charge is 0.263 e. The van der Waals surface area contributed by atoms with E-state index in [9.17, 15) is 8.78 Å². The van der Waals surface area contributed by atoms with Crippen LogP contribution in [0.15, 0.2) is 36.4 Å². The molecule has 2 aromatic heterocycles. The van der Waals surface area contributed by atoms with Gasteiger partial charge < -0.3 is 15.4 Å². The molecule has 1 aliphatic rings. The Morgan fingerprint density at radius 1 is 1.10 bits per heavy atom. The number of piperazine rings is 1. The molecule has 1 aromatic carbocycles. The minimum absolute atomic E-state index is 0.0404.